The van der Waals surface area contributed by atoms with Crippen LogP contribution >= 0.6 is 11.3 Å². The van der Waals surface area contributed by atoms with Gasteiger partial charge in [0.25, 0.3) is 0 Å². The van der Waals surface area contributed by atoms with Crippen LogP contribution in [0.15, 0.2) is 54.0 Å². The summed E-state index contributed by atoms with van der Waals surface area (Å²) in [5.74, 6) is 0.756. The monoisotopic (exact) mass is 393 g/mol. The number of aromatic nitrogens is 2. The van der Waals surface area contributed by atoms with E-state index in [1.165, 1.54) is 0 Å². The molecule has 3 aromatic rings. The standard InChI is InChI=1S/C21H23N5OS/c22-19(27)16-8-11-26(12-9-16)20-17(7-4-10-23-20)13-24-21-25-18(14-28-21)15-5-2-1-3-6-15/h1-7,10,14,16H,8-9,11-13H2,(H2,22,27)(H,24,25). The van der Waals surface area contributed by atoms with Gasteiger partial charge in [-0.2, -0.15) is 0 Å². The van der Waals surface area contributed by atoms with Gasteiger partial charge in [-0.25, -0.2) is 9.97 Å². The van der Waals surface area contributed by atoms with Crippen molar-refractivity contribution in [1.29, 1.82) is 0 Å². The van der Waals surface area contributed by atoms with Gasteiger partial charge in [-0.1, -0.05) is 36.4 Å². The molecule has 7 heteroatoms. The number of nitrogens with one attached hydrogen (secondary N) is 1. The minimum absolute atomic E-state index is 0.0201. The Kier molecular flexibility index (Phi) is 5.53. The van der Waals surface area contributed by atoms with E-state index in [2.05, 4.69) is 43.8 Å². The van der Waals surface area contributed by atoms with Crippen LogP contribution in [0.3, 0.4) is 0 Å². The molecule has 0 spiro atoms. The number of benzene rings is 1. The van der Waals surface area contributed by atoms with Gasteiger partial charge in [-0.05, 0) is 18.9 Å². The van der Waals surface area contributed by atoms with Gasteiger partial charge in [-0.3, -0.25) is 4.79 Å². The highest BCUT2D eigenvalue weighted by atomic mass is 32.1. The van der Waals surface area contributed by atoms with Gasteiger partial charge in [0.2, 0.25) is 5.91 Å². The Balaban J connectivity index is 1.42. The molecule has 2 aromatic heterocycles. The van der Waals surface area contributed by atoms with Crippen molar-refractivity contribution < 1.29 is 4.79 Å². The van der Waals surface area contributed by atoms with Crippen molar-refractivity contribution in [2.24, 2.45) is 11.7 Å². The molecule has 1 amide bonds. The number of carbonyl (C=O) groups is 1. The molecule has 1 fully saturated rings. The van der Waals surface area contributed by atoms with Crippen molar-refractivity contribution in [3.8, 4) is 11.3 Å². The predicted octanol–water partition coefficient (Wildman–Crippen LogP) is 3.52. The van der Waals surface area contributed by atoms with Crippen LogP contribution in [0.2, 0.25) is 0 Å². The third kappa shape index (κ3) is 4.14. The van der Waals surface area contributed by atoms with Crippen LogP contribution in [0, 0.1) is 5.92 Å². The topological polar surface area (TPSA) is 84.1 Å². The third-order valence-electron chi connectivity index (χ3n) is 5.07. The number of thiazole rings is 1. The summed E-state index contributed by atoms with van der Waals surface area (Å²) in [5.41, 5.74) is 8.67. The first-order chi connectivity index (χ1) is 13.7. The van der Waals surface area contributed by atoms with E-state index in [0.29, 0.717) is 6.54 Å². The third-order valence-corrected chi connectivity index (χ3v) is 5.87. The van der Waals surface area contributed by atoms with Crippen LogP contribution in [-0.2, 0) is 11.3 Å². The van der Waals surface area contributed by atoms with Crippen molar-refractivity contribution in [2.45, 2.75) is 19.4 Å². The van der Waals surface area contributed by atoms with Gasteiger partial charge in [0.05, 0.1) is 5.69 Å². The minimum Gasteiger partial charge on any atom is -0.369 e. The fourth-order valence-corrected chi connectivity index (χ4v) is 4.21. The number of carbonyl (C=O) groups excluding carboxylic acids is 1. The molecule has 0 atom stereocenters. The minimum atomic E-state index is -0.194. The maximum atomic E-state index is 11.4. The molecule has 28 heavy (non-hydrogen) atoms. The lowest BCUT2D eigenvalue weighted by molar-refractivity contribution is -0.122. The van der Waals surface area contributed by atoms with Crippen LogP contribution in [0.4, 0.5) is 10.9 Å². The molecule has 0 aliphatic carbocycles. The molecule has 1 aliphatic heterocycles. The maximum absolute atomic E-state index is 11.4. The summed E-state index contributed by atoms with van der Waals surface area (Å²) in [6, 6.07) is 14.2. The molecule has 6 nitrogen and oxygen atoms in total. The highest BCUT2D eigenvalue weighted by Gasteiger charge is 2.24. The summed E-state index contributed by atoms with van der Waals surface area (Å²) in [5, 5.41) is 6.38. The van der Waals surface area contributed by atoms with E-state index in [4.69, 9.17) is 5.73 Å². The van der Waals surface area contributed by atoms with Crippen LogP contribution in [-0.4, -0.2) is 29.0 Å². The van der Waals surface area contributed by atoms with Crippen molar-refractivity contribution in [3.05, 3.63) is 59.6 Å². The van der Waals surface area contributed by atoms with Crippen molar-refractivity contribution >= 4 is 28.2 Å². The van der Waals surface area contributed by atoms with E-state index >= 15 is 0 Å². The first kappa shape index (κ1) is 18.4. The second-order valence-electron chi connectivity index (χ2n) is 6.91. The fraction of sp³-hybridized carbons (Fsp3) is 0.286. The summed E-state index contributed by atoms with van der Waals surface area (Å²) in [4.78, 5) is 22.9. The number of primary amides is 1. The van der Waals surface area contributed by atoms with Crippen LogP contribution in [0.25, 0.3) is 11.3 Å². The van der Waals surface area contributed by atoms with E-state index in [0.717, 1.165) is 53.7 Å². The fourth-order valence-electron chi connectivity index (χ4n) is 3.50. The van der Waals surface area contributed by atoms with Gasteiger partial charge in [0, 0.05) is 48.3 Å². The highest BCUT2D eigenvalue weighted by molar-refractivity contribution is 7.14. The molecule has 1 aromatic carbocycles. The second kappa shape index (κ2) is 8.39. The first-order valence-electron chi connectivity index (χ1n) is 9.43. The number of hydrogen-bond acceptors (Lipinski definition) is 6. The second-order valence-corrected chi connectivity index (χ2v) is 7.77. The predicted molar refractivity (Wildman–Crippen MR) is 113 cm³/mol. The summed E-state index contributed by atoms with van der Waals surface area (Å²) in [6.45, 7) is 2.25. The summed E-state index contributed by atoms with van der Waals surface area (Å²) >= 11 is 1.60. The lowest BCUT2D eigenvalue weighted by atomic mass is 9.96. The lowest BCUT2D eigenvalue weighted by Crippen LogP contribution is -2.39. The number of hydrogen-bond donors (Lipinski definition) is 2. The van der Waals surface area contributed by atoms with Crippen LogP contribution in [0.1, 0.15) is 18.4 Å². The Morgan fingerprint density at radius 2 is 1.96 bits per heavy atom. The largest absolute Gasteiger partial charge is 0.369 e. The Morgan fingerprint density at radius 1 is 1.18 bits per heavy atom. The zero-order valence-electron chi connectivity index (χ0n) is 15.5. The zero-order valence-corrected chi connectivity index (χ0v) is 16.4. The first-order valence-corrected chi connectivity index (χ1v) is 10.3. The van der Waals surface area contributed by atoms with E-state index in [1.807, 2.05) is 30.5 Å². The van der Waals surface area contributed by atoms with Crippen molar-refractivity contribution in [1.82, 2.24) is 9.97 Å². The normalized spacial score (nSPS) is 14.8. The number of nitrogens with two attached hydrogens (primary N) is 1. The number of piperidine rings is 1. The molecule has 0 radical (unpaired) electrons. The Morgan fingerprint density at radius 3 is 2.71 bits per heavy atom. The molecular weight excluding hydrogens is 370 g/mol. The maximum Gasteiger partial charge on any atom is 0.220 e. The molecular formula is C21H23N5OS. The number of rotatable bonds is 6. The molecule has 1 saturated heterocycles. The summed E-state index contributed by atoms with van der Waals surface area (Å²) in [6.07, 6.45) is 3.38. The van der Waals surface area contributed by atoms with Gasteiger partial charge in [-0.15, -0.1) is 11.3 Å². The molecule has 3 heterocycles. The molecule has 4 rings (SSSR count). The van der Waals surface area contributed by atoms with E-state index in [-0.39, 0.29) is 11.8 Å². The van der Waals surface area contributed by atoms with Crippen LogP contribution < -0.4 is 16.0 Å². The van der Waals surface area contributed by atoms with Crippen LogP contribution in [0.5, 0.6) is 0 Å². The SMILES string of the molecule is NC(=O)C1CCN(c2ncccc2CNc2nc(-c3ccccc3)cs2)CC1. The van der Waals surface area contributed by atoms with Crippen molar-refractivity contribution in [2.75, 3.05) is 23.3 Å². The van der Waals surface area contributed by atoms with Gasteiger partial charge in [0.1, 0.15) is 5.82 Å². The van der Waals surface area contributed by atoms with E-state index in [9.17, 15) is 4.79 Å². The van der Waals surface area contributed by atoms with Gasteiger partial charge in [0.15, 0.2) is 5.13 Å². The smallest absolute Gasteiger partial charge is 0.220 e. The number of nitrogens with zero attached hydrogens (tertiary/aromatic N) is 3. The molecule has 0 unspecified atom stereocenters. The Labute approximate surface area is 168 Å². The van der Waals surface area contributed by atoms with Crippen molar-refractivity contribution in [3.63, 3.8) is 0 Å². The number of anilines is 2. The molecule has 144 valence electrons. The highest BCUT2D eigenvalue weighted by Crippen LogP contribution is 2.27. The summed E-state index contributed by atoms with van der Waals surface area (Å²) in [7, 11) is 0. The number of amides is 1. The molecule has 0 bridgehead atoms. The van der Waals surface area contributed by atoms with E-state index < -0.39 is 0 Å². The Hall–Kier alpha value is -2.93. The molecule has 3 N–H and O–H groups in total. The lowest BCUT2D eigenvalue weighted by Gasteiger charge is -2.32. The zero-order chi connectivity index (χ0) is 19.3. The Bertz CT molecular complexity index is 935. The average Bonchev–Trinajstić information content (AvgIpc) is 3.22. The van der Waals surface area contributed by atoms with Gasteiger partial charge >= 0.3 is 0 Å². The average molecular weight is 394 g/mol. The summed E-state index contributed by atoms with van der Waals surface area (Å²) < 4.78 is 0. The number of pyridine rings is 1. The van der Waals surface area contributed by atoms with Gasteiger partial charge < -0.3 is 16.0 Å². The molecule has 1 aliphatic rings. The van der Waals surface area contributed by atoms with E-state index in [1.54, 1.807) is 11.3 Å². The quantitative estimate of drug-likeness (QED) is 0.669. The molecule has 0 saturated carbocycles.